The lowest BCUT2D eigenvalue weighted by molar-refractivity contribution is -0.142. The molecule has 1 aromatic carbocycles. The number of hydrogen-bond acceptors (Lipinski definition) is 8. The number of halogens is 3. The van der Waals surface area contributed by atoms with Gasteiger partial charge in [-0.05, 0) is 56.2 Å². The largest absolute Gasteiger partial charge is 0.478 e. The number of pyridine rings is 1. The maximum atomic E-state index is 13.5. The van der Waals surface area contributed by atoms with Crippen LogP contribution in [0.3, 0.4) is 0 Å². The van der Waals surface area contributed by atoms with Gasteiger partial charge in [-0.25, -0.2) is 13.4 Å². The standard InChI is InChI=1S/C22H21F3N4O5S/c1-11-9-12(2)26-21(33-4)17(11)34-20-16(13(3)18(28-29-20)22(23,24)25)19(30)27-14-7-6-8-15(10-14)35(5,31)32/h6-10H,1-5H3,(H,27,30). The van der Waals surface area contributed by atoms with Crippen LogP contribution in [0.15, 0.2) is 35.2 Å². The summed E-state index contributed by atoms with van der Waals surface area (Å²) in [5, 5.41) is 9.16. The molecular weight excluding hydrogens is 489 g/mol. The van der Waals surface area contributed by atoms with Crippen molar-refractivity contribution in [1.29, 1.82) is 0 Å². The summed E-state index contributed by atoms with van der Waals surface area (Å²) in [6.07, 6.45) is -3.91. The highest BCUT2D eigenvalue weighted by Crippen LogP contribution is 2.38. The van der Waals surface area contributed by atoms with E-state index in [0.29, 0.717) is 11.3 Å². The van der Waals surface area contributed by atoms with Gasteiger partial charge in [0.2, 0.25) is 0 Å². The van der Waals surface area contributed by atoms with Gasteiger partial charge in [-0.1, -0.05) is 6.07 Å². The van der Waals surface area contributed by atoms with Crippen LogP contribution in [0.5, 0.6) is 17.5 Å². The number of benzene rings is 1. The number of methoxy groups -OCH3 is 1. The summed E-state index contributed by atoms with van der Waals surface area (Å²) in [6.45, 7) is 4.43. The molecule has 9 nitrogen and oxygen atoms in total. The number of amides is 1. The van der Waals surface area contributed by atoms with Crippen LogP contribution in [-0.4, -0.2) is 42.9 Å². The van der Waals surface area contributed by atoms with E-state index in [9.17, 15) is 26.4 Å². The predicted octanol–water partition coefficient (Wildman–Crippen LogP) is 4.27. The lowest BCUT2D eigenvalue weighted by Crippen LogP contribution is -2.21. The van der Waals surface area contributed by atoms with Gasteiger partial charge in [0.1, 0.15) is 5.56 Å². The third-order valence-electron chi connectivity index (χ3n) is 4.85. The van der Waals surface area contributed by atoms with Crippen molar-refractivity contribution in [3.8, 4) is 17.5 Å². The van der Waals surface area contributed by atoms with E-state index in [0.717, 1.165) is 13.2 Å². The number of aryl methyl sites for hydroxylation is 2. The molecule has 0 radical (unpaired) electrons. The number of nitrogens with one attached hydrogen (secondary N) is 1. The van der Waals surface area contributed by atoms with Crippen molar-refractivity contribution < 1.29 is 35.9 Å². The molecule has 0 aliphatic carbocycles. The normalized spacial score (nSPS) is 11.8. The zero-order valence-electron chi connectivity index (χ0n) is 19.3. The van der Waals surface area contributed by atoms with Crippen LogP contribution in [-0.2, 0) is 16.0 Å². The van der Waals surface area contributed by atoms with Crippen molar-refractivity contribution in [3.63, 3.8) is 0 Å². The van der Waals surface area contributed by atoms with E-state index in [4.69, 9.17) is 9.47 Å². The maximum absolute atomic E-state index is 13.5. The molecule has 2 aromatic heterocycles. The molecule has 35 heavy (non-hydrogen) atoms. The second-order valence-corrected chi connectivity index (χ2v) is 9.64. The van der Waals surface area contributed by atoms with Gasteiger partial charge in [0, 0.05) is 17.6 Å². The Morgan fingerprint density at radius 1 is 1.06 bits per heavy atom. The summed E-state index contributed by atoms with van der Waals surface area (Å²) >= 11 is 0. The van der Waals surface area contributed by atoms with Gasteiger partial charge in [-0.2, -0.15) is 13.2 Å². The Labute approximate surface area is 199 Å². The fourth-order valence-corrected chi connectivity index (χ4v) is 3.92. The molecule has 1 amide bonds. The summed E-state index contributed by atoms with van der Waals surface area (Å²) in [6, 6.07) is 6.92. The van der Waals surface area contributed by atoms with Crippen molar-refractivity contribution in [2.75, 3.05) is 18.7 Å². The van der Waals surface area contributed by atoms with E-state index in [2.05, 4.69) is 20.5 Å². The molecule has 2 heterocycles. The number of sulfone groups is 1. The van der Waals surface area contributed by atoms with E-state index in [1.165, 1.54) is 31.4 Å². The van der Waals surface area contributed by atoms with Crippen molar-refractivity contribution in [3.05, 3.63) is 58.4 Å². The molecule has 0 fully saturated rings. The minimum atomic E-state index is -4.89. The molecule has 0 saturated carbocycles. The van der Waals surface area contributed by atoms with E-state index in [1.807, 2.05) is 0 Å². The van der Waals surface area contributed by atoms with Crippen LogP contribution in [0.25, 0.3) is 0 Å². The fraction of sp³-hybridized carbons (Fsp3) is 0.273. The molecule has 0 aliphatic rings. The fourth-order valence-electron chi connectivity index (χ4n) is 3.26. The first-order valence-corrected chi connectivity index (χ1v) is 11.9. The quantitative estimate of drug-likeness (QED) is 0.522. The number of hydrogen-bond donors (Lipinski definition) is 1. The van der Waals surface area contributed by atoms with Crippen molar-refractivity contribution in [1.82, 2.24) is 15.2 Å². The topological polar surface area (TPSA) is 120 Å². The van der Waals surface area contributed by atoms with Crippen LogP contribution in [0, 0.1) is 20.8 Å². The van der Waals surface area contributed by atoms with E-state index in [-0.39, 0.29) is 22.2 Å². The molecule has 3 aromatic rings. The van der Waals surface area contributed by atoms with E-state index >= 15 is 0 Å². The first-order valence-electron chi connectivity index (χ1n) is 9.98. The molecule has 0 saturated heterocycles. The third kappa shape index (κ3) is 5.67. The van der Waals surface area contributed by atoms with Crippen LogP contribution in [0.2, 0.25) is 0 Å². The molecule has 1 N–H and O–H groups in total. The number of aromatic nitrogens is 3. The van der Waals surface area contributed by atoms with Gasteiger partial charge in [0.05, 0.1) is 12.0 Å². The predicted molar refractivity (Wildman–Crippen MR) is 120 cm³/mol. The van der Waals surface area contributed by atoms with Gasteiger partial charge in [0.25, 0.3) is 17.7 Å². The number of carbonyl (C=O) groups is 1. The van der Waals surface area contributed by atoms with Crippen LogP contribution < -0.4 is 14.8 Å². The third-order valence-corrected chi connectivity index (χ3v) is 5.96. The highest BCUT2D eigenvalue weighted by atomic mass is 32.2. The van der Waals surface area contributed by atoms with Gasteiger partial charge >= 0.3 is 6.18 Å². The Kier molecular flexibility index (Phi) is 7.01. The summed E-state index contributed by atoms with van der Waals surface area (Å²) in [4.78, 5) is 17.2. The second-order valence-electron chi connectivity index (χ2n) is 7.63. The van der Waals surface area contributed by atoms with Crippen LogP contribution >= 0.6 is 0 Å². The highest BCUT2D eigenvalue weighted by molar-refractivity contribution is 7.90. The zero-order valence-corrected chi connectivity index (χ0v) is 20.1. The lowest BCUT2D eigenvalue weighted by Gasteiger charge is -2.17. The molecule has 0 atom stereocenters. The Bertz CT molecular complexity index is 1410. The summed E-state index contributed by atoms with van der Waals surface area (Å²) < 4.78 is 75.1. The summed E-state index contributed by atoms with van der Waals surface area (Å²) in [5.41, 5.74) is -1.27. The second kappa shape index (κ2) is 9.49. The Morgan fingerprint density at radius 2 is 1.74 bits per heavy atom. The molecule has 13 heteroatoms. The number of rotatable bonds is 6. The Hall–Kier alpha value is -3.74. The average Bonchev–Trinajstić information content (AvgIpc) is 2.74. The van der Waals surface area contributed by atoms with E-state index in [1.54, 1.807) is 19.9 Å². The molecule has 3 rings (SSSR count). The number of nitrogens with zero attached hydrogens (tertiary/aromatic N) is 3. The monoisotopic (exact) mass is 510 g/mol. The number of anilines is 1. The molecular formula is C22H21F3N4O5S. The first kappa shape index (κ1) is 25.9. The summed E-state index contributed by atoms with van der Waals surface area (Å²) in [7, 11) is -2.26. The van der Waals surface area contributed by atoms with Crippen LogP contribution in [0.4, 0.5) is 18.9 Å². The van der Waals surface area contributed by atoms with Gasteiger partial charge in [-0.15, -0.1) is 10.2 Å². The van der Waals surface area contributed by atoms with Crippen LogP contribution in [0.1, 0.15) is 32.9 Å². The number of ether oxygens (including phenoxy) is 2. The number of alkyl halides is 3. The number of carbonyl (C=O) groups excluding carboxylic acids is 1. The smallest absolute Gasteiger partial charge is 0.435 e. The van der Waals surface area contributed by atoms with Gasteiger partial charge < -0.3 is 14.8 Å². The molecule has 186 valence electrons. The Morgan fingerprint density at radius 3 is 2.34 bits per heavy atom. The molecule has 0 bridgehead atoms. The average molecular weight is 510 g/mol. The lowest BCUT2D eigenvalue weighted by atomic mass is 10.1. The Balaban J connectivity index is 2.13. The highest BCUT2D eigenvalue weighted by Gasteiger charge is 2.38. The molecule has 0 unspecified atom stereocenters. The molecule has 0 spiro atoms. The molecule has 0 aliphatic heterocycles. The van der Waals surface area contributed by atoms with Crippen molar-refractivity contribution in [2.45, 2.75) is 31.8 Å². The van der Waals surface area contributed by atoms with Crippen molar-refractivity contribution >= 4 is 21.4 Å². The first-order chi connectivity index (χ1) is 16.2. The SMILES string of the molecule is COc1nc(C)cc(C)c1Oc1nnc(C(F)(F)F)c(C)c1C(=O)Nc1cccc(S(C)(=O)=O)c1. The zero-order chi connectivity index (χ0) is 26.1. The van der Waals surface area contributed by atoms with Gasteiger partial charge in [-0.3, -0.25) is 4.79 Å². The maximum Gasteiger partial charge on any atom is 0.435 e. The minimum absolute atomic E-state index is 0.0362. The van der Waals surface area contributed by atoms with Gasteiger partial charge in [0.15, 0.2) is 21.3 Å². The van der Waals surface area contributed by atoms with Crippen molar-refractivity contribution in [2.24, 2.45) is 0 Å². The van der Waals surface area contributed by atoms with E-state index < -0.39 is 44.6 Å². The minimum Gasteiger partial charge on any atom is -0.478 e. The summed E-state index contributed by atoms with van der Waals surface area (Å²) in [5.74, 6) is -1.45.